The number of hydrogen-bond acceptors (Lipinski definition) is 4. The summed E-state index contributed by atoms with van der Waals surface area (Å²) in [4.78, 5) is 31.1. The molecule has 1 aliphatic heterocycles. The molecule has 5 nitrogen and oxygen atoms in total. The first-order valence-corrected chi connectivity index (χ1v) is 6.42. The molecule has 92 valence electrons. The minimum atomic E-state index is -0.0692. The maximum atomic E-state index is 12.0. The first kappa shape index (κ1) is 12.0. The Balaban J connectivity index is 1.99. The van der Waals surface area contributed by atoms with E-state index in [0.29, 0.717) is 18.8 Å². The van der Waals surface area contributed by atoms with E-state index in [1.165, 1.54) is 11.3 Å². The first-order valence-electron chi connectivity index (χ1n) is 5.48. The Labute approximate surface area is 104 Å². The van der Waals surface area contributed by atoms with Crippen LogP contribution in [0.3, 0.4) is 0 Å². The molecule has 17 heavy (non-hydrogen) atoms. The van der Waals surface area contributed by atoms with Crippen molar-refractivity contribution in [3.63, 3.8) is 0 Å². The van der Waals surface area contributed by atoms with Crippen LogP contribution in [-0.4, -0.2) is 53.8 Å². The second kappa shape index (κ2) is 4.83. The molecule has 0 N–H and O–H groups in total. The zero-order valence-corrected chi connectivity index (χ0v) is 10.7. The third-order valence-corrected chi connectivity index (χ3v) is 3.50. The van der Waals surface area contributed by atoms with Gasteiger partial charge in [-0.1, -0.05) is 0 Å². The van der Waals surface area contributed by atoms with Crippen molar-refractivity contribution < 1.29 is 9.59 Å². The molecule has 1 aromatic heterocycles. The number of likely N-dealkylation sites (tertiary alicyclic amines) is 1. The molecule has 1 aromatic rings. The molecule has 0 unspecified atom stereocenters. The van der Waals surface area contributed by atoms with Crippen molar-refractivity contribution in [2.75, 3.05) is 27.2 Å². The number of hydrogen-bond donors (Lipinski definition) is 0. The van der Waals surface area contributed by atoms with Crippen LogP contribution in [0.15, 0.2) is 10.9 Å². The zero-order chi connectivity index (χ0) is 12.4. The van der Waals surface area contributed by atoms with Gasteiger partial charge in [-0.05, 0) is 6.42 Å². The van der Waals surface area contributed by atoms with Crippen LogP contribution in [0.1, 0.15) is 16.9 Å². The summed E-state index contributed by atoms with van der Waals surface area (Å²) in [6, 6.07) is 0. The van der Waals surface area contributed by atoms with Crippen molar-refractivity contribution in [3.05, 3.63) is 16.6 Å². The van der Waals surface area contributed by atoms with Crippen LogP contribution in [0.4, 0.5) is 0 Å². The van der Waals surface area contributed by atoms with Crippen LogP contribution in [0, 0.1) is 5.92 Å². The quantitative estimate of drug-likeness (QED) is 0.779. The van der Waals surface area contributed by atoms with E-state index in [1.54, 1.807) is 34.8 Å². The lowest BCUT2D eigenvalue weighted by atomic mass is 10.1. The smallest absolute Gasteiger partial charge is 0.273 e. The topological polar surface area (TPSA) is 53.5 Å². The third-order valence-electron chi connectivity index (χ3n) is 2.92. The van der Waals surface area contributed by atoms with Gasteiger partial charge in [0.05, 0.1) is 11.4 Å². The summed E-state index contributed by atoms with van der Waals surface area (Å²) in [7, 11) is 3.49. The summed E-state index contributed by atoms with van der Waals surface area (Å²) in [5.41, 5.74) is 2.12. The van der Waals surface area contributed by atoms with Gasteiger partial charge in [-0.25, -0.2) is 4.98 Å². The highest BCUT2D eigenvalue weighted by molar-refractivity contribution is 7.07. The summed E-state index contributed by atoms with van der Waals surface area (Å²) in [5, 5.41) is 1.74. The van der Waals surface area contributed by atoms with Gasteiger partial charge in [0.1, 0.15) is 5.69 Å². The van der Waals surface area contributed by atoms with Gasteiger partial charge in [0, 0.05) is 32.6 Å². The van der Waals surface area contributed by atoms with E-state index in [4.69, 9.17) is 0 Å². The summed E-state index contributed by atoms with van der Waals surface area (Å²) in [6.45, 7) is 1.15. The molecule has 2 rings (SSSR count). The number of carbonyl (C=O) groups is 2. The van der Waals surface area contributed by atoms with Gasteiger partial charge < -0.3 is 9.80 Å². The Bertz CT molecular complexity index is 416. The average molecular weight is 253 g/mol. The van der Waals surface area contributed by atoms with E-state index in [-0.39, 0.29) is 17.7 Å². The normalized spacial score (nSPS) is 19.4. The molecule has 1 aliphatic rings. The van der Waals surface area contributed by atoms with Crippen LogP contribution in [-0.2, 0) is 4.79 Å². The maximum absolute atomic E-state index is 12.0. The monoisotopic (exact) mass is 253 g/mol. The Morgan fingerprint density at radius 1 is 1.53 bits per heavy atom. The van der Waals surface area contributed by atoms with Crippen molar-refractivity contribution >= 4 is 23.2 Å². The highest BCUT2D eigenvalue weighted by Crippen LogP contribution is 2.20. The van der Waals surface area contributed by atoms with Crippen molar-refractivity contribution in [1.82, 2.24) is 14.8 Å². The number of aromatic nitrogens is 1. The Morgan fingerprint density at radius 2 is 2.29 bits per heavy atom. The van der Waals surface area contributed by atoms with E-state index < -0.39 is 0 Å². The summed E-state index contributed by atoms with van der Waals surface area (Å²) < 4.78 is 0. The zero-order valence-electron chi connectivity index (χ0n) is 9.92. The second-order valence-corrected chi connectivity index (χ2v) is 5.06. The van der Waals surface area contributed by atoms with Gasteiger partial charge in [0.2, 0.25) is 5.91 Å². The highest BCUT2D eigenvalue weighted by atomic mass is 32.1. The van der Waals surface area contributed by atoms with E-state index >= 15 is 0 Å². The van der Waals surface area contributed by atoms with Crippen molar-refractivity contribution in [3.8, 4) is 0 Å². The molecule has 2 heterocycles. The fraction of sp³-hybridized carbons (Fsp3) is 0.545. The molecule has 1 atom stereocenters. The SMILES string of the molecule is CN(C)C(=O)[C@H]1CCN(C(=O)c2cscn2)C1. The average Bonchev–Trinajstić information content (AvgIpc) is 2.98. The molecule has 0 aromatic carbocycles. The molecular weight excluding hydrogens is 238 g/mol. The van der Waals surface area contributed by atoms with Crippen molar-refractivity contribution in [1.29, 1.82) is 0 Å². The minimum Gasteiger partial charge on any atom is -0.349 e. The molecule has 1 saturated heterocycles. The Hall–Kier alpha value is -1.43. The largest absolute Gasteiger partial charge is 0.349 e. The van der Waals surface area contributed by atoms with Gasteiger partial charge in [-0.3, -0.25) is 9.59 Å². The van der Waals surface area contributed by atoms with Gasteiger partial charge in [-0.2, -0.15) is 0 Å². The van der Waals surface area contributed by atoms with Crippen LogP contribution < -0.4 is 0 Å². The standard InChI is InChI=1S/C11H15N3O2S/c1-13(2)10(15)8-3-4-14(5-8)11(16)9-6-17-7-12-9/h6-8H,3-5H2,1-2H3/t8-/m0/s1. The second-order valence-electron chi connectivity index (χ2n) is 4.34. The first-order chi connectivity index (χ1) is 8.09. The predicted molar refractivity (Wildman–Crippen MR) is 64.8 cm³/mol. The summed E-state index contributed by atoms with van der Waals surface area (Å²) in [5.74, 6) is -0.0357. The molecule has 1 fully saturated rings. The Morgan fingerprint density at radius 3 is 2.88 bits per heavy atom. The van der Waals surface area contributed by atoms with Crippen LogP contribution in [0.2, 0.25) is 0 Å². The van der Waals surface area contributed by atoms with Gasteiger partial charge in [-0.15, -0.1) is 11.3 Å². The van der Waals surface area contributed by atoms with Crippen molar-refractivity contribution in [2.24, 2.45) is 5.92 Å². The lowest BCUT2D eigenvalue weighted by Gasteiger charge is -2.17. The number of carbonyl (C=O) groups excluding carboxylic acids is 2. The molecule has 0 spiro atoms. The summed E-state index contributed by atoms with van der Waals surface area (Å²) in [6.07, 6.45) is 0.743. The fourth-order valence-corrected chi connectivity index (χ4v) is 2.52. The molecule has 0 saturated carbocycles. The van der Waals surface area contributed by atoms with E-state index in [9.17, 15) is 9.59 Å². The maximum Gasteiger partial charge on any atom is 0.273 e. The van der Waals surface area contributed by atoms with E-state index in [0.717, 1.165) is 6.42 Å². The van der Waals surface area contributed by atoms with Gasteiger partial charge >= 0.3 is 0 Å². The predicted octanol–water partition coefficient (Wildman–Crippen LogP) is 0.693. The van der Waals surface area contributed by atoms with Crippen molar-refractivity contribution in [2.45, 2.75) is 6.42 Å². The van der Waals surface area contributed by atoms with Gasteiger partial charge in [0.25, 0.3) is 5.91 Å². The van der Waals surface area contributed by atoms with E-state index in [1.807, 2.05) is 0 Å². The molecular formula is C11H15N3O2S. The Kier molecular flexibility index (Phi) is 3.42. The lowest BCUT2D eigenvalue weighted by Crippen LogP contribution is -2.34. The molecule has 0 radical (unpaired) electrons. The number of nitrogens with zero attached hydrogens (tertiary/aromatic N) is 3. The molecule has 0 aliphatic carbocycles. The van der Waals surface area contributed by atoms with Gasteiger partial charge in [0.15, 0.2) is 0 Å². The number of amides is 2. The van der Waals surface area contributed by atoms with E-state index in [2.05, 4.69) is 4.98 Å². The molecule has 2 amide bonds. The van der Waals surface area contributed by atoms with Crippen LogP contribution >= 0.6 is 11.3 Å². The number of thiazole rings is 1. The fourth-order valence-electron chi connectivity index (χ4n) is 1.99. The highest BCUT2D eigenvalue weighted by Gasteiger charge is 2.32. The van der Waals surface area contributed by atoms with Crippen LogP contribution in [0.5, 0.6) is 0 Å². The molecule has 0 bridgehead atoms. The summed E-state index contributed by atoms with van der Waals surface area (Å²) >= 11 is 1.40. The number of rotatable bonds is 2. The minimum absolute atomic E-state index is 0.0624. The third kappa shape index (κ3) is 2.46. The lowest BCUT2D eigenvalue weighted by molar-refractivity contribution is -0.132. The van der Waals surface area contributed by atoms with Crippen LogP contribution in [0.25, 0.3) is 0 Å². The molecule has 6 heteroatoms.